The molecule has 154 valence electrons. The second-order valence-corrected chi connectivity index (χ2v) is 6.60. The number of nitro benzene ring substituents is 2. The highest BCUT2D eigenvalue weighted by Crippen LogP contribution is 2.30. The predicted octanol–water partition coefficient (Wildman–Crippen LogP) is 4.15. The molecule has 0 unspecified atom stereocenters. The van der Waals surface area contributed by atoms with Crippen molar-refractivity contribution >= 4 is 38.6 Å². The maximum Gasteiger partial charge on any atom is 0.301 e. The van der Waals surface area contributed by atoms with Crippen LogP contribution >= 0.6 is 0 Å². The van der Waals surface area contributed by atoms with Gasteiger partial charge in [0.15, 0.2) is 0 Å². The van der Waals surface area contributed by atoms with Crippen LogP contribution in [0.1, 0.15) is 0 Å². The molecular formula is C21H14N4O6. The first-order chi connectivity index (χ1) is 14.9. The molecule has 0 aliphatic heterocycles. The number of non-ortho nitro benzene ring substituents is 1. The zero-order chi connectivity index (χ0) is 22.1. The van der Waals surface area contributed by atoms with Crippen LogP contribution < -0.4 is 10.8 Å². The molecule has 4 aromatic carbocycles. The standard InChI is InChI=1S/C21H14N4O6/c26-17-5-1-3-12-7-8-13-4-2-6-18(27)20(13)21(19(12)17)23-22-15-10-9-14(24(28)29)11-16(15)25(30)31/h1-11,22,26-27H. The van der Waals surface area contributed by atoms with Gasteiger partial charge in [-0.2, -0.15) is 5.10 Å². The van der Waals surface area contributed by atoms with Gasteiger partial charge in [0.2, 0.25) is 0 Å². The first-order valence-corrected chi connectivity index (χ1v) is 8.96. The van der Waals surface area contributed by atoms with E-state index in [-0.39, 0.29) is 22.5 Å². The van der Waals surface area contributed by atoms with Crippen molar-refractivity contribution in [1.29, 1.82) is 0 Å². The summed E-state index contributed by atoms with van der Waals surface area (Å²) in [4.78, 5) is 20.9. The van der Waals surface area contributed by atoms with Crippen molar-refractivity contribution in [2.24, 2.45) is 5.10 Å². The summed E-state index contributed by atoms with van der Waals surface area (Å²) in [6, 6.07) is 16.3. The van der Waals surface area contributed by atoms with Crippen LogP contribution in [0.4, 0.5) is 17.1 Å². The smallest absolute Gasteiger partial charge is 0.301 e. The number of nitro groups is 2. The number of anilines is 1. The summed E-state index contributed by atoms with van der Waals surface area (Å²) in [5.41, 5.74) is 1.50. The predicted molar refractivity (Wildman–Crippen MR) is 114 cm³/mol. The largest absolute Gasteiger partial charge is 0.507 e. The van der Waals surface area contributed by atoms with Gasteiger partial charge in [0.05, 0.1) is 26.7 Å². The first-order valence-electron chi connectivity index (χ1n) is 8.96. The van der Waals surface area contributed by atoms with Gasteiger partial charge < -0.3 is 10.2 Å². The third-order valence-corrected chi connectivity index (χ3v) is 4.74. The molecule has 0 aliphatic rings. The van der Waals surface area contributed by atoms with E-state index in [9.17, 15) is 30.4 Å². The number of hydrogen-bond acceptors (Lipinski definition) is 8. The van der Waals surface area contributed by atoms with Gasteiger partial charge in [0.1, 0.15) is 22.5 Å². The average Bonchev–Trinajstić information content (AvgIpc) is 2.90. The molecule has 3 N–H and O–H groups in total. The van der Waals surface area contributed by atoms with Crippen LogP contribution in [0.15, 0.2) is 71.8 Å². The fourth-order valence-electron chi connectivity index (χ4n) is 3.32. The van der Waals surface area contributed by atoms with Crippen LogP contribution in [0.3, 0.4) is 0 Å². The second-order valence-electron chi connectivity index (χ2n) is 6.60. The quantitative estimate of drug-likeness (QED) is 0.333. The van der Waals surface area contributed by atoms with Gasteiger partial charge in [-0.1, -0.05) is 36.4 Å². The number of phenols is 2. The van der Waals surface area contributed by atoms with E-state index in [0.29, 0.717) is 21.5 Å². The minimum Gasteiger partial charge on any atom is -0.507 e. The molecule has 0 radical (unpaired) electrons. The van der Waals surface area contributed by atoms with Gasteiger partial charge in [-0.05, 0) is 29.0 Å². The van der Waals surface area contributed by atoms with Crippen molar-refractivity contribution < 1.29 is 20.1 Å². The van der Waals surface area contributed by atoms with E-state index in [0.717, 1.165) is 12.1 Å². The number of aromatic hydroxyl groups is 2. The van der Waals surface area contributed by atoms with Gasteiger partial charge in [0, 0.05) is 6.07 Å². The molecule has 0 saturated carbocycles. The summed E-state index contributed by atoms with van der Waals surface area (Å²) in [6.45, 7) is 0. The Labute approximate surface area is 173 Å². The molecule has 10 heteroatoms. The summed E-state index contributed by atoms with van der Waals surface area (Å²) in [5, 5.41) is 49.7. The second kappa shape index (κ2) is 7.59. The number of phenolic OH excluding ortho intramolecular Hbond substituents is 2. The number of benzene rings is 3. The fourth-order valence-corrected chi connectivity index (χ4v) is 3.32. The summed E-state index contributed by atoms with van der Waals surface area (Å²) in [7, 11) is 0. The van der Waals surface area contributed by atoms with E-state index in [1.54, 1.807) is 36.4 Å². The van der Waals surface area contributed by atoms with Gasteiger partial charge in [-0.3, -0.25) is 25.7 Å². The molecule has 0 aliphatic carbocycles. The van der Waals surface area contributed by atoms with Crippen molar-refractivity contribution in [2.45, 2.75) is 0 Å². The van der Waals surface area contributed by atoms with E-state index in [1.807, 2.05) is 0 Å². The maximum absolute atomic E-state index is 11.4. The van der Waals surface area contributed by atoms with Crippen LogP contribution in [0, 0.1) is 20.2 Å². The van der Waals surface area contributed by atoms with Crippen molar-refractivity contribution in [1.82, 2.24) is 0 Å². The molecule has 0 heterocycles. The van der Waals surface area contributed by atoms with Crippen LogP contribution in [0.5, 0.6) is 11.5 Å². The lowest BCUT2D eigenvalue weighted by Gasteiger charge is -2.04. The van der Waals surface area contributed by atoms with Gasteiger partial charge in [0.25, 0.3) is 5.69 Å². The Hall–Kier alpha value is -4.73. The topological polar surface area (TPSA) is 151 Å². The van der Waals surface area contributed by atoms with Crippen LogP contribution in [0.25, 0.3) is 21.5 Å². The summed E-state index contributed by atoms with van der Waals surface area (Å²) in [5.74, 6) is -0.200. The molecule has 10 nitrogen and oxygen atoms in total. The van der Waals surface area contributed by atoms with E-state index < -0.39 is 21.2 Å². The van der Waals surface area contributed by atoms with Crippen LogP contribution in [-0.4, -0.2) is 20.1 Å². The Morgan fingerprint density at radius 2 is 1.35 bits per heavy atom. The highest BCUT2D eigenvalue weighted by atomic mass is 16.6. The van der Waals surface area contributed by atoms with Crippen molar-refractivity contribution in [3.8, 4) is 11.5 Å². The maximum atomic E-state index is 11.4. The minimum absolute atomic E-state index is 0.0887. The van der Waals surface area contributed by atoms with Crippen molar-refractivity contribution in [3.63, 3.8) is 0 Å². The molecule has 0 saturated heterocycles. The summed E-state index contributed by atoms with van der Waals surface area (Å²) < 4.78 is 0. The van der Waals surface area contributed by atoms with Gasteiger partial charge in [-0.15, -0.1) is 0 Å². The monoisotopic (exact) mass is 418 g/mol. The number of hydrogen-bond donors (Lipinski definition) is 3. The normalized spacial score (nSPS) is 10.7. The van der Waals surface area contributed by atoms with Crippen molar-refractivity contribution in [3.05, 3.63) is 92.3 Å². The molecule has 0 amide bonds. The van der Waals surface area contributed by atoms with E-state index >= 15 is 0 Å². The van der Waals surface area contributed by atoms with E-state index in [4.69, 9.17) is 0 Å². The first kappa shape index (κ1) is 19.6. The lowest BCUT2D eigenvalue weighted by Crippen LogP contribution is -2.08. The summed E-state index contributed by atoms with van der Waals surface area (Å²) >= 11 is 0. The van der Waals surface area contributed by atoms with Gasteiger partial charge >= 0.3 is 5.69 Å². The molecule has 31 heavy (non-hydrogen) atoms. The summed E-state index contributed by atoms with van der Waals surface area (Å²) in [6.07, 6.45) is 0. The molecule has 0 spiro atoms. The van der Waals surface area contributed by atoms with Crippen molar-refractivity contribution in [2.75, 3.05) is 5.43 Å². The molecule has 0 bridgehead atoms. The SMILES string of the molecule is O=[N+]([O-])c1ccc(NN=c2c3c(O)cccc3ccc3cccc(O)c23)c([N+](=O)[O-])c1. The Morgan fingerprint density at radius 3 is 1.87 bits per heavy atom. The van der Waals surface area contributed by atoms with Crippen LogP contribution in [0.2, 0.25) is 0 Å². The molecule has 0 aromatic heterocycles. The van der Waals surface area contributed by atoms with E-state index in [1.165, 1.54) is 18.2 Å². The third-order valence-electron chi connectivity index (χ3n) is 4.74. The number of rotatable bonds is 4. The highest BCUT2D eigenvalue weighted by molar-refractivity contribution is 5.98. The fraction of sp³-hybridized carbons (Fsp3) is 0. The molecule has 4 rings (SSSR count). The number of nitrogens with zero attached hydrogens (tertiary/aromatic N) is 3. The van der Waals surface area contributed by atoms with E-state index in [2.05, 4.69) is 10.5 Å². The zero-order valence-corrected chi connectivity index (χ0v) is 15.7. The highest BCUT2D eigenvalue weighted by Gasteiger charge is 2.19. The van der Waals surface area contributed by atoms with Crippen LogP contribution in [-0.2, 0) is 0 Å². The third kappa shape index (κ3) is 3.53. The lowest BCUT2D eigenvalue weighted by atomic mass is 10.1. The molecule has 0 fully saturated rings. The Balaban J connectivity index is 2.04. The zero-order valence-electron chi connectivity index (χ0n) is 15.7. The molecule has 4 aromatic rings. The number of nitrogens with one attached hydrogen (secondary N) is 1. The minimum atomic E-state index is -0.763. The lowest BCUT2D eigenvalue weighted by molar-refractivity contribution is -0.393. The average molecular weight is 418 g/mol. The van der Waals surface area contributed by atoms with Gasteiger partial charge in [-0.25, -0.2) is 0 Å². The molecule has 0 atom stereocenters. The Kier molecular flexibility index (Phi) is 4.80. The Bertz CT molecular complexity index is 1380. The molecular weight excluding hydrogens is 404 g/mol. The Morgan fingerprint density at radius 1 is 0.774 bits per heavy atom. The number of fused-ring (bicyclic) bond motifs is 2.